The third-order valence-corrected chi connectivity index (χ3v) is 4.63. The van der Waals surface area contributed by atoms with Gasteiger partial charge in [-0.3, -0.25) is 0 Å². The van der Waals surface area contributed by atoms with E-state index in [-0.39, 0.29) is 17.1 Å². The Bertz CT molecular complexity index is 745. The molecule has 112 valence electrons. The van der Waals surface area contributed by atoms with Gasteiger partial charge >= 0.3 is 0 Å². The summed E-state index contributed by atoms with van der Waals surface area (Å²) in [5, 5.41) is 0. The van der Waals surface area contributed by atoms with Crippen LogP contribution < -0.4 is 10.5 Å². The van der Waals surface area contributed by atoms with Crippen molar-refractivity contribution in [2.45, 2.75) is 24.8 Å². The fraction of sp³-hybridized carbons (Fsp3) is 0.200. The first-order chi connectivity index (χ1) is 9.94. The molecule has 0 aliphatic rings. The van der Waals surface area contributed by atoms with E-state index in [4.69, 9.17) is 5.73 Å². The van der Waals surface area contributed by atoms with Crippen LogP contribution in [-0.2, 0) is 23.0 Å². The molecule has 0 amide bonds. The van der Waals surface area contributed by atoms with Crippen LogP contribution in [0.5, 0.6) is 0 Å². The molecule has 0 unspecified atom stereocenters. The highest BCUT2D eigenvalue weighted by atomic mass is 32.2. The molecule has 2 aromatic rings. The number of halogens is 1. The van der Waals surface area contributed by atoms with E-state index in [0.717, 1.165) is 23.6 Å². The van der Waals surface area contributed by atoms with Crippen molar-refractivity contribution in [1.82, 2.24) is 4.72 Å². The van der Waals surface area contributed by atoms with Crippen molar-refractivity contribution in [2.75, 3.05) is 5.73 Å². The molecular weight excluding hydrogens is 291 g/mol. The lowest BCUT2D eigenvalue weighted by Gasteiger charge is -2.10. The number of aryl methyl sites for hydroxylation is 1. The first kappa shape index (κ1) is 15.5. The molecule has 21 heavy (non-hydrogen) atoms. The van der Waals surface area contributed by atoms with Crippen molar-refractivity contribution in [3.63, 3.8) is 0 Å². The third-order valence-electron chi connectivity index (χ3n) is 3.23. The average Bonchev–Trinajstić information content (AvgIpc) is 2.48. The van der Waals surface area contributed by atoms with Gasteiger partial charge < -0.3 is 5.73 Å². The van der Waals surface area contributed by atoms with Crippen LogP contribution in [0.1, 0.15) is 18.1 Å². The van der Waals surface area contributed by atoms with Crippen LogP contribution in [0.4, 0.5) is 10.1 Å². The molecule has 0 heterocycles. The van der Waals surface area contributed by atoms with E-state index in [1.54, 1.807) is 0 Å². The van der Waals surface area contributed by atoms with Crippen LogP contribution >= 0.6 is 0 Å². The Hall–Kier alpha value is -1.92. The van der Waals surface area contributed by atoms with Gasteiger partial charge in [0.1, 0.15) is 5.82 Å². The molecule has 0 atom stereocenters. The standard InChI is InChI=1S/C15H17FN2O2S/c1-2-11-5-3-4-6-12(11)10-18-21(19,20)13-7-8-15(17)14(16)9-13/h3-9,18H,2,10,17H2,1H3. The zero-order valence-corrected chi connectivity index (χ0v) is 12.5. The number of hydrogen-bond donors (Lipinski definition) is 2. The lowest BCUT2D eigenvalue weighted by molar-refractivity contribution is 0.577. The van der Waals surface area contributed by atoms with Gasteiger partial charge in [0, 0.05) is 6.54 Å². The van der Waals surface area contributed by atoms with Gasteiger partial charge in [0.05, 0.1) is 10.6 Å². The van der Waals surface area contributed by atoms with Gasteiger partial charge in [-0.15, -0.1) is 0 Å². The van der Waals surface area contributed by atoms with Gasteiger partial charge in [0.25, 0.3) is 0 Å². The highest BCUT2D eigenvalue weighted by Crippen LogP contribution is 2.17. The van der Waals surface area contributed by atoms with Crippen LogP contribution in [-0.4, -0.2) is 8.42 Å². The average molecular weight is 308 g/mol. The lowest BCUT2D eigenvalue weighted by Crippen LogP contribution is -2.24. The Morgan fingerprint density at radius 3 is 2.43 bits per heavy atom. The summed E-state index contributed by atoms with van der Waals surface area (Å²) in [6.07, 6.45) is 0.814. The van der Waals surface area contributed by atoms with E-state index in [0.29, 0.717) is 0 Å². The highest BCUT2D eigenvalue weighted by molar-refractivity contribution is 7.89. The normalized spacial score (nSPS) is 11.5. The summed E-state index contributed by atoms with van der Waals surface area (Å²) in [6.45, 7) is 2.17. The number of anilines is 1. The monoisotopic (exact) mass is 308 g/mol. The maximum Gasteiger partial charge on any atom is 0.240 e. The predicted octanol–water partition coefficient (Wildman–Crippen LogP) is 2.45. The van der Waals surface area contributed by atoms with E-state index >= 15 is 0 Å². The number of rotatable bonds is 5. The second-order valence-electron chi connectivity index (χ2n) is 4.63. The molecule has 0 aliphatic carbocycles. The summed E-state index contributed by atoms with van der Waals surface area (Å²) in [5.41, 5.74) is 7.24. The Morgan fingerprint density at radius 1 is 1.14 bits per heavy atom. The number of nitrogens with one attached hydrogen (secondary N) is 1. The van der Waals surface area contributed by atoms with Crippen molar-refractivity contribution in [3.05, 3.63) is 59.4 Å². The zero-order chi connectivity index (χ0) is 15.5. The number of nitrogen functional groups attached to an aromatic ring is 1. The number of sulfonamides is 1. The molecule has 2 rings (SSSR count). The molecule has 0 fully saturated rings. The Labute approximate surface area is 123 Å². The summed E-state index contributed by atoms with van der Waals surface area (Å²) < 4.78 is 40.2. The minimum atomic E-state index is -3.77. The van der Waals surface area contributed by atoms with Crippen molar-refractivity contribution >= 4 is 15.7 Å². The van der Waals surface area contributed by atoms with Crippen molar-refractivity contribution in [1.29, 1.82) is 0 Å². The molecule has 0 saturated heterocycles. The fourth-order valence-corrected chi connectivity index (χ4v) is 3.02. The van der Waals surface area contributed by atoms with E-state index in [1.807, 2.05) is 31.2 Å². The number of benzene rings is 2. The minimum Gasteiger partial charge on any atom is -0.396 e. The smallest absolute Gasteiger partial charge is 0.240 e. The fourth-order valence-electron chi connectivity index (χ4n) is 2.01. The lowest BCUT2D eigenvalue weighted by atomic mass is 10.1. The second-order valence-corrected chi connectivity index (χ2v) is 6.40. The van der Waals surface area contributed by atoms with Gasteiger partial charge in [0.2, 0.25) is 10.0 Å². The van der Waals surface area contributed by atoms with Crippen molar-refractivity contribution in [2.24, 2.45) is 0 Å². The SMILES string of the molecule is CCc1ccccc1CNS(=O)(=O)c1ccc(N)c(F)c1. The van der Waals surface area contributed by atoms with Crippen LogP contribution in [0.25, 0.3) is 0 Å². The summed E-state index contributed by atoms with van der Waals surface area (Å²) in [4.78, 5) is -0.136. The molecule has 0 aromatic heterocycles. The molecule has 4 nitrogen and oxygen atoms in total. The summed E-state index contributed by atoms with van der Waals surface area (Å²) in [6, 6.07) is 11.0. The molecule has 0 saturated carbocycles. The summed E-state index contributed by atoms with van der Waals surface area (Å²) in [7, 11) is -3.77. The van der Waals surface area contributed by atoms with Gasteiger partial charge in [-0.25, -0.2) is 17.5 Å². The minimum absolute atomic E-state index is 0.0784. The third kappa shape index (κ3) is 3.59. The number of nitrogens with two attached hydrogens (primary N) is 1. The van der Waals surface area contributed by atoms with Crippen LogP contribution in [0.15, 0.2) is 47.4 Å². The molecular formula is C15H17FN2O2S. The van der Waals surface area contributed by atoms with E-state index < -0.39 is 15.8 Å². The number of hydrogen-bond acceptors (Lipinski definition) is 3. The first-order valence-electron chi connectivity index (χ1n) is 6.55. The van der Waals surface area contributed by atoms with E-state index in [9.17, 15) is 12.8 Å². The predicted molar refractivity (Wildman–Crippen MR) is 80.7 cm³/mol. The molecule has 0 aliphatic heterocycles. The quantitative estimate of drug-likeness (QED) is 0.833. The molecule has 0 spiro atoms. The zero-order valence-electron chi connectivity index (χ0n) is 11.6. The molecule has 0 bridgehead atoms. The maximum absolute atomic E-state index is 13.4. The Kier molecular flexibility index (Phi) is 4.59. The maximum atomic E-state index is 13.4. The summed E-state index contributed by atoms with van der Waals surface area (Å²) >= 11 is 0. The first-order valence-corrected chi connectivity index (χ1v) is 8.04. The Morgan fingerprint density at radius 2 is 1.81 bits per heavy atom. The molecule has 2 aromatic carbocycles. The van der Waals surface area contributed by atoms with Crippen molar-refractivity contribution < 1.29 is 12.8 Å². The van der Waals surface area contributed by atoms with Crippen LogP contribution in [0, 0.1) is 5.82 Å². The molecule has 3 N–H and O–H groups in total. The van der Waals surface area contributed by atoms with Crippen LogP contribution in [0.2, 0.25) is 0 Å². The van der Waals surface area contributed by atoms with E-state index in [1.165, 1.54) is 12.1 Å². The molecule has 6 heteroatoms. The highest BCUT2D eigenvalue weighted by Gasteiger charge is 2.16. The Balaban J connectivity index is 2.20. The van der Waals surface area contributed by atoms with Crippen LogP contribution in [0.3, 0.4) is 0 Å². The van der Waals surface area contributed by atoms with Gasteiger partial charge in [-0.2, -0.15) is 0 Å². The van der Waals surface area contributed by atoms with Gasteiger partial charge in [-0.05, 0) is 35.7 Å². The molecule has 0 radical (unpaired) electrons. The van der Waals surface area contributed by atoms with Gasteiger partial charge in [-0.1, -0.05) is 31.2 Å². The van der Waals surface area contributed by atoms with Crippen molar-refractivity contribution in [3.8, 4) is 0 Å². The topological polar surface area (TPSA) is 72.2 Å². The summed E-state index contributed by atoms with van der Waals surface area (Å²) in [5.74, 6) is -0.744. The second kappa shape index (κ2) is 6.24. The van der Waals surface area contributed by atoms with Gasteiger partial charge in [0.15, 0.2) is 0 Å². The van der Waals surface area contributed by atoms with E-state index in [2.05, 4.69) is 4.72 Å². The largest absolute Gasteiger partial charge is 0.396 e.